The van der Waals surface area contributed by atoms with E-state index in [1.807, 2.05) is 13.8 Å². The number of hydrogen-bond donors (Lipinski definition) is 3. The molecular weight excluding hydrogens is 424 g/mol. The van der Waals surface area contributed by atoms with E-state index in [1.165, 1.54) is 16.8 Å². The van der Waals surface area contributed by atoms with Gasteiger partial charge in [0, 0.05) is 18.7 Å². The van der Waals surface area contributed by atoms with Crippen molar-refractivity contribution in [2.45, 2.75) is 24.8 Å². The molecule has 0 aliphatic rings. The summed E-state index contributed by atoms with van der Waals surface area (Å²) in [6.45, 7) is 6.40. The van der Waals surface area contributed by atoms with Gasteiger partial charge in [-0.15, -0.1) is 5.10 Å². The van der Waals surface area contributed by atoms with Gasteiger partial charge in [-0.2, -0.15) is 0 Å². The minimum atomic E-state index is -3.77. The van der Waals surface area contributed by atoms with Crippen molar-refractivity contribution in [2.24, 2.45) is 16.8 Å². The Morgan fingerprint density at radius 1 is 1.13 bits per heavy atom. The first-order chi connectivity index (χ1) is 14.7. The van der Waals surface area contributed by atoms with Crippen LogP contribution >= 0.6 is 0 Å². The van der Waals surface area contributed by atoms with Crippen LogP contribution in [-0.2, 0) is 24.3 Å². The second-order valence-corrected chi connectivity index (χ2v) is 8.71. The summed E-state index contributed by atoms with van der Waals surface area (Å²) in [5.41, 5.74) is 6.50. The van der Waals surface area contributed by atoms with Crippen LogP contribution in [-0.4, -0.2) is 68.8 Å². The summed E-state index contributed by atoms with van der Waals surface area (Å²) in [5.74, 6) is -0.233. The molecule has 0 aliphatic carbocycles. The van der Waals surface area contributed by atoms with Crippen LogP contribution in [0.4, 0.5) is 0 Å². The lowest BCUT2D eigenvalue weighted by atomic mass is 10.0. The molecule has 1 heterocycles. The van der Waals surface area contributed by atoms with Crippen LogP contribution in [0.5, 0.6) is 0 Å². The Labute approximate surface area is 182 Å². The molecule has 1 amide bonds. The lowest BCUT2D eigenvalue weighted by Gasteiger charge is -2.20. The van der Waals surface area contributed by atoms with Crippen molar-refractivity contribution in [2.75, 3.05) is 39.5 Å². The van der Waals surface area contributed by atoms with Gasteiger partial charge in [0.2, 0.25) is 15.9 Å². The maximum atomic E-state index is 12.7. The van der Waals surface area contributed by atoms with Gasteiger partial charge in [0.05, 0.1) is 37.5 Å². The summed E-state index contributed by atoms with van der Waals surface area (Å²) in [4.78, 5) is 12.7. The topological polar surface area (TPSA) is 164 Å². The standard InChI is InChI=1S/C19H30N6O5S/c1-14(2)18(19(26)22-8-10-30-12-11-29-9-7-20)25-13-17(23-24-25)15-3-5-16(6-4-15)31(21,27)28/h3-6,13-14,18H,7-12,20H2,1-2H3,(H,22,26)(H2,21,27,28). The molecule has 0 spiro atoms. The second kappa shape index (κ2) is 11.9. The molecular formula is C19H30N6O5S. The van der Waals surface area contributed by atoms with E-state index in [1.54, 1.807) is 18.3 Å². The first-order valence-corrected chi connectivity index (χ1v) is 11.5. The van der Waals surface area contributed by atoms with E-state index in [0.29, 0.717) is 50.8 Å². The first kappa shape index (κ1) is 24.9. The molecule has 11 nitrogen and oxygen atoms in total. The number of hydrogen-bond acceptors (Lipinski definition) is 8. The van der Waals surface area contributed by atoms with Crippen molar-refractivity contribution in [3.05, 3.63) is 30.5 Å². The molecule has 1 aromatic carbocycles. The number of rotatable bonds is 13. The third kappa shape index (κ3) is 7.67. The van der Waals surface area contributed by atoms with Crippen molar-refractivity contribution in [1.29, 1.82) is 0 Å². The highest BCUT2D eigenvalue weighted by molar-refractivity contribution is 7.89. The number of nitrogens with one attached hydrogen (secondary N) is 1. The van der Waals surface area contributed by atoms with Crippen LogP contribution in [0.3, 0.4) is 0 Å². The number of sulfonamides is 1. The van der Waals surface area contributed by atoms with Gasteiger partial charge in [-0.1, -0.05) is 31.2 Å². The minimum Gasteiger partial charge on any atom is -0.378 e. The van der Waals surface area contributed by atoms with Crippen LogP contribution in [0.2, 0.25) is 0 Å². The quantitative estimate of drug-likeness (QED) is 0.353. The van der Waals surface area contributed by atoms with Crippen LogP contribution in [0.15, 0.2) is 35.4 Å². The van der Waals surface area contributed by atoms with Gasteiger partial charge in [0.1, 0.15) is 11.7 Å². The molecule has 12 heteroatoms. The van der Waals surface area contributed by atoms with Crippen molar-refractivity contribution in [3.63, 3.8) is 0 Å². The van der Waals surface area contributed by atoms with Crippen molar-refractivity contribution in [3.8, 4) is 11.3 Å². The lowest BCUT2D eigenvalue weighted by molar-refractivity contribution is -0.126. The summed E-state index contributed by atoms with van der Waals surface area (Å²) in [6, 6.07) is 5.42. The highest BCUT2D eigenvalue weighted by Gasteiger charge is 2.25. The van der Waals surface area contributed by atoms with E-state index < -0.39 is 16.1 Å². The molecule has 1 aromatic heterocycles. The molecule has 0 radical (unpaired) electrons. The van der Waals surface area contributed by atoms with E-state index in [0.717, 1.165) is 0 Å². The lowest BCUT2D eigenvalue weighted by Crippen LogP contribution is -2.37. The number of nitrogens with two attached hydrogens (primary N) is 2. The van der Waals surface area contributed by atoms with E-state index in [4.69, 9.17) is 20.3 Å². The molecule has 2 rings (SSSR count). The molecule has 5 N–H and O–H groups in total. The fourth-order valence-electron chi connectivity index (χ4n) is 2.84. The Hall–Kier alpha value is -2.38. The van der Waals surface area contributed by atoms with Gasteiger partial charge in [-0.25, -0.2) is 18.2 Å². The van der Waals surface area contributed by atoms with Crippen molar-refractivity contribution < 1.29 is 22.7 Å². The molecule has 0 aliphatic heterocycles. The van der Waals surface area contributed by atoms with Gasteiger partial charge in [-0.05, 0) is 18.1 Å². The summed E-state index contributed by atoms with van der Waals surface area (Å²) in [6.07, 6.45) is 1.65. The summed E-state index contributed by atoms with van der Waals surface area (Å²) in [7, 11) is -3.77. The normalized spacial score (nSPS) is 12.8. The third-order valence-corrected chi connectivity index (χ3v) is 5.28. The highest BCUT2D eigenvalue weighted by Crippen LogP contribution is 2.22. The van der Waals surface area contributed by atoms with Gasteiger partial charge in [0.25, 0.3) is 0 Å². The van der Waals surface area contributed by atoms with Crippen molar-refractivity contribution >= 4 is 15.9 Å². The zero-order valence-corrected chi connectivity index (χ0v) is 18.5. The monoisotopic (exact) mass is 454 g/mol. The maximum Gasteiger partial charge on any atom is 0.245 e. The number of amides is 1. The maximum absolute atomic E-state index is 12.7. The predicted molar refractivity (Wildman–Crippen MR) is 114 cm³/mol. The smallest absolute Gasteiger partial charge is 0.245 e. The van der Waals surface area contributed by atoms with Crippen LogP contribution < -0.4 is 16.2 Å². The zero-order valence-electron chi connectivity index (χ0n) is 17.7. The number of carbonyl (C=O) groups excluding carboxylic acids is 1. The molecule has 2 aromatic rings. The summed E-state index contributed by atoms with van der Waals surface area (Å²) >= 11 is 0. The number of nitrogens with zero attached hydrogens (tertiary/aromatic N) is 3. The largest absolute Gasteiger partial charge is 0.378 e. The Kier molecular flexibility index (Phi) is 9.52. The Morgan fingerprint density at radius 3 is 2.35 bits per heavy atom. The Bertz CT molecular complexity index is 930. The Balaban J connectivity index is 1.94. The number of benzene rings is 1. The van der Waals surface area contributed by atoms with Gasteiger partial charge in [-0.3, -0.25) is 4.79 Å². The first-order valence-electron chi connectivity index (χ1n) is 9.92. The molecule has 172 valence electrons. The van der Waals surface area contributed by atoms with Crippen LogP contribution in [0.25, 0.3) is 11.3 Å². The molecule has 0 saturated heterocycles. The summed E-state index contributed by atoms with van der Waals surface area (Å²) < 4.78 is 34.9. The van der Waals surface area contributed by atoms with Gasteiger partial charge >= 0.3 is 0 Å². The van der Waals surface area contributed by atoms with E-state index in [-0.39, 0.29) is 16.7 Å². The molecule has 31 heavy (non-hydrogen) atoms. The van der Waals surface area contributed by atoms with Crippen LogP contribution in [0.1, 0.15) is 19.9 Å². The number of aromatic nitrogens is 3. The fraction of sp³-hybridized carbons (Fsp3) is 0.526. The third-order valence-electron chi connectivity index (χ3n) is 4.35. The fourth-order valence-corrected chi connectivity index (χ4v) is 3.36. The van der Waals surface area contributed by atoms with Gasteiger partial charge in [0.15, 0.2) is 0 Å². The molecule has 0 saturated carbocycles. The van der Waals surface area contributed by atoms with Crippen LogP contribution in [0, 0.1) is 5.92 Å². The van der Waals surface area contributed by atoms with Gasteiger partial charge < -0.3 is 20.5 Å². The predicted octanol–water partition coefficient (Wildman–Crippen LogP) is -0.102. The van der Waals surface area contributed by atoms with Crippen molar-refractivity contribution in [1.82, 2.24) is 20.3 Å². The molecule has 0 fully saturated rings. The molecule has 0 bridgehead atoms. The second-order valence-electron chi connectivity index (χ2n) is 7.15. The molecule has 1 atom stereocenters. The van der Waals surface area contributed by atoms with E-state index in [2.05, 4.69) is 15.6 Å². The van der Waals surface area contributed by atoms with E-state index >= 15 is 0 Å². The SMILES string of the molecule is CC(C)C(C(=O)NCCOCCOCCN)n1cc(-c2ccc(S(N)(=O)=O)cc2)nn1. The van der Waals surface area contributed by atoms with E-state index in [9.17, 15) is 13.2 Å². The number of primary sulfonamides is 1. The zero-order chi connectivity index (χ0) is 22.9. The highest BCUT2D eigenvalue weighted by atomic mass is 32.2. The average Bonchev–Trinajstić information content (AvgIpc) is 3.18. The minimum absolute atomic E-state index is 0.0104. The average molecular weight is 455 g/mol. The number of ether oxygens (including phenoxy) is 2. The summed E-state index contributed by atoms with van der Waals surface area (Å²) in [5, 5.41) is 16.2. The Morgan fingerprint density at radius 2 is 1.77 bits per heavy atom. The molecule has 1 unspecified atom stereocenters. The number of carbonyl (C=O) groups is 1.